The molecule has 1 atom stereocenters. The van der Waals surface area contributed by atoms with Crippen LogP contribution >= 0.6 is 0 Å². The van der Waals surface area contributed by atoms with Crippen molar-refractivity contribution in [3.05, 3.63) is 89.1 Å². The summed E-state index contributed by atoms with van der Waals surface area (Å²) in [5, 5.41) is 10.5. The number of fused-ring (bicyclic) bond motifs is 1. The van der Waals surface area contributed by atoms with Gasteiger partial charge in [-0.2, -0.15) is 5.90 Å². The fourth-order valence-electron chi connectivity index (χ4n) is 3.90. The highest BCUT2D eigenvalue weighted by molar-refractivity contribution is 6.19. The maximum atomic E-state index is 11.8. The Hall–Kier alpha value is -4.12. The number of morpholine rings is 1. The molecule has 0 bridgehead atoms. The number of benzodiazepines with no additional fused rings is 1. The van der Waals surface area contributed by atoms with E-state index in [0.29, 0.717) is 18.8 Å². The van der Waals surface area contributed by atoms with E-state index in [2.05, 4.69) is 25.0 Å². The van der Waals surface area contributed by atoms with Gasteiger partial charge in [0, 0.05) is 29.9 Å². The SMILES string of the molecule is Cc1ccc(C(=N)ON)c(N2CCOCC2)n1.NC1N=C(c2ccccc2)c2ccccc2NC1=O. The lowest BCUT2D eigenvalue weighted by Crippen LogP contribution is -2.38. The Kier molecular flexibility index (Phi) is 8.01. The van der Waals surface area contributed by atoms with Crippen molar-refractivity contribution in [2.75, 3.05) is 36.5 Å². The lowest BCUT2D eigenvalue weighted by molar-refractivity contribution is -0.117. The quantitative estimate of drug-likeness (QED) is 0.251. The molecule has 0 aliphatic carbocycles. The van der Waals surface area contributed by atoms with Gasteiger partial charge in [0.2, 0.25) is 5.90 Å². The summed E-state index contributed by atoms with van der Waals surface area (Å²) < 4.78 is 5.30. The monoisotopic (exact) mass is 487 g/mol. The minimum atomic E-state index is -0.886. The molecule has 0 saturated carbocycles. The maximum Gasteiger partial charge on any atom is 0.263 e. The Labute approximate surface area is 209 Å². The van der Waals surface area contributed by atoms with Crippen LogP contribution in [-0.4, -0.2) is 55.0 Å². The first-order valence-corrected chi connectivity index (χ1v) is 11.5. The molecule has 1 unspecified atom stereocenters. The Balaban J connectivity index is 0.000000170. The summed E-state index contributed by atoms with van der Waals surface area (Å²) in [4.78, 5) is 27.2. The number of rotatable bonds is 3. The molecule has 1 amide bonds. The van der Waals surface area contributed by atoms with Crippen molar-refractivity contribution in [3.8, 4) is 0 Å². The molecule has 10 nitrogen and oxygen atoms in total. The summed E-state index contributed by atoms with van der Waals surface area (Å²) in [6.07, 6.45) is -0.886. The van der Waals surface area contributed by atoms with Crippen LogP contribution in [0.15, 0.2) is 71.7 Å². The molecular weight excluding hydrogens is 458 g/mol. The molecular formula is C26H29N7O3. The molecule has 10 heteroatoms. The fourth-order valence-corrected chi connectivity index (χ4v) is 3.90. The Morgan fingerprint density at radius 1 is 1.08 bits per heavy atom. The average molecular weight is 488 g/mol. The number of anilines is 2. The highest BCUT2D eigenvalue weighted by Crippen LogP contribution is 2.23. The van der Waals surface area contributed by atoms with Crippen LogP contribution in [0.5, 0.6) is 0 Å². The van der Waals surface area contributed by atoms with E-state index in [9.17, 15) is 4.79 Å². The molecule has 186 valence electrons. The number of benzene rings is 2. The van der Waals surface area contributed by atoms with Gasteiger partial charge in [-0.15, -0.1) is 0 Å². The van der Waals surface area contributed by atoms with Crippen molar-refractivity contribution in [3.63, 3.8) is 0 Å². The Morgan fingerprint density at radius 2 is 1.78 bits per heavy atom. The van der Waals surface area contributed by atoms with E-state index in [-0.39, 0.29) is 11.8 Å². The van der Waals surface area contributed by atoms with Gasteiger partial charge in [0.25, 0.3) is 5.91 Å². The number of ether oxygens (including phenoxy) is 1. The number of pyridine rings is 1. The molecule has 1 aromatic heterocycles. The van der Waals surface area contributed by atoms with Crippen molar-refractivity contribution < 1.29 is 14.4 Å². The van der Waals surface area contributed by atoms with Gasteiger partial charge in [-0.25, -0.2) is 4.98 Å². The first-order chi connectivity index (χ1) is 17.5. The van der Waals surface area contributed by atoms with Gasteiger partial charge in [0.1, 0.15) is 5.82 Å². The van der Waals surface area contributed by atoms with Gasteiger partial charge in [0.15, 0.2) is 6.17 Å². The van der Waals surface area contributed by atoms with E-state index in [1.807, 2.05) is 73.7 Å². The van der Waals surface area contributed by atoms with Crippen molar-refractivity contribution in [2.45, 2.75) is 13.1 Å². The molecule has 36 heavy (non-hydrogen) atoms. The number of hydrogen-bond acceptors (Lipinski definition) is 9. The number of hydrogen-bond donors (Lipinski definition) is 4. The number of amides is 1. The lowest BCUT2D eigenvalue weighted by atomic mass is 10.0. The second-order valence-corrected chi connectivity index (χ2v) is 8.19. The van der Waals surface area contributed by atoms with Gasteiger partial charge < -0.3 is 25.5 Å². The average Bonchev–Trinajstić information content (AvgIpc) is 3.05. The van der Waals surface area contributed by atoms with Gasteiger partial charge in [-0.1, -0.05) is 48.5 Å². The molecule has 1 saturated heterocycles. The molecule has 1 fully saturated rings. The van der Waals surface area contributed by atoms with E-state index in [4.69, 9.17) is 21.8 Å². The molecule has 2 aliphatic rings. The standard InChI is InChI=1S/C15H13N3O.C11H16N4O2/c16-14-15(19)17-12-9-5-4-8-11(12)13(18-14)10-6-2-1-3-7-10;1-8-2-3-9(10(12)17-13)11(14-8)15-4-6-16-7-5-15/h1-9,14H,16H2,(H,17,19);2-3,12H,4-7,13H2,1H3. The van der Waals surface area contributed by atoms with Crippen molar-refractivity contribution >= 4 is 29.0 Å². The highest BCUT2D eigenvalue weighted by Gasteiger charge is 2.22. The first kappa shape index (κ1) is 25.0. The van der Waals surface area contributed by atoms with E-state index in [0.717, 1.165) is 47.1 Å². The minimum absolute atomic E-state index is 0.0704. The number of para-hydroxylation sites is 1. The van der Waals surface area contributed by atoms with Crippen LogP contribution in [0, 0.1) is 12.3 Å². The zero-order valence-corrected chi connectivity index (χ0v) is 20.0. The third-order valence-electron chi connectivity index (χ3n) is 5.71. The van der Waals surface area contributed by atoms with Crippen molar-refractivity contribution in [2.24, 2.45) is 16.6 Å². The summed E-state index contributed by atoms with van der Waals surface area (Å²) in [7, 11) is 0. The summed E-state index contributed by atoms with van der Waals surface area (Å²) in [6, 6.07) is 20.9. The normalized spacial score (nSPS) is 17.0. The van der Waals surface area contributed by atoms with Gasteiger partial charge in [0.05, 0.1) is 30.2 Å². The summed E-state index contributed by atoms with van der Waals surface area (Å²) >= 11 is 0. The zero-order chi connectivity index (χ0) is 25.5. The van der Waals surface area contributed by atoms with Gasteiger partial charge >= 0.3 is 0 Å². The zero-order valence-electron chi connectivity index (χ0n) is 20.0. The Bertz CT molecular complexity index is 1260. The molecule has 5 rings (SSSR count). The fraction of sp³-hybridized carbons (Fsp3) is 0.231. The smallest absolute Gasteiger partial charge is 0.263 e. The second kappa shape index (κ2) is 11.5. The van der Waals surface area contributed by atoms with Crippen molar-refractivity contribution in [1.29, 1.82) is 5.41 Å². The van der Waals surface area contributed by atoms with Crippen LogP contribution in [-0.2, 0) is 14.4 Å². The minimum Gasteiger partial charge on any atom is -0.391 e. The number of nitrogens with one attached hydrogen (secondary N) is 2. The molecule has 0 spiro atoms. The van der Waals surface area contributed by atoms with E-state index in [1.54, 1.807) is 0 Å². The maximum absolute atomic E-state index is 11.8. The van der Waals surface area contributed by atoms with Crippen LogP contribution in [0.25, 0.3) is 0 Å². The molecule has 3 heterocycles. The van der Waals surface area contributed by atoms with Gasteiger partial charge in [-0.05, 0) is 25.1 Å². The van der Waals surface area contributed by atoms with Crippen molar-refractivity contribution in [1.82, 2.24) is 4.98 Å². The van der Waals surface area contributed by atoms with Crippen LogP contribution < -0.4 is 21.8 Å². The third kappa shape index (κ3) is 5.74. The second-order valence-electron chi connectivity index (χ2n) is 8.19. The lowest BCUT2D eigenvalue weighted by Gasteiger charge is -2.29. The number of aliphatic imine (C=N–C) groups is 1. The van der Waals surface area contributed by atoms with Crippen LogP contribution in [0.4, 0.5) is 11.5 Å². The predicted molar refractivity (Wildman–Crippen MR) is 139 cm³/mol. The molecule has 0 radical (unpaired) electrons. The third-order valence-corrected chi connectivity index (χ3v) is 5.71. The van der Waals surface area contributed by atoms with E-state index in [1.165, 1.54) is 0 Å². The summed E-state index contributed by atoms with van der Waals surface area (Å²) in [5.74, 6) is 5.42. The summed E-state index contributed by atoms with van der Waals surface area (Å²) in [6.45, 7) is 4.79. The number of nitrogens with zero attached hydrogens (tertiary/aromatic N) is 3. The highest BCUT2D eigenvalue weighted by atomic mass is 16.6. The number of carbonyl (C=O) groups excluding carboxylic acids is 1. The largest absolute Gasteiger partial charge is 0.391 e. The van der Waals surface area contributed by atoms with E-state index < -0.39 is 6.17 Å². The van der Waals surface area contributed by atoms with Crippen LogP contribution in [0.2, 0.25) is 0 Å². The number of carbonyl (C=O) groups is 1. The number of aryl methyl sites for hydroxylation is 1. The number of aromatic nitrogens is 1. The molecule has 6 N–H and O–H groups in total. The molecule has 2 aromatic carbocycles. The van der Waals surface area contributed by atoms with Crippen LogP contribution in [0.3, 0.4) is 0 Å². The van der Waals surface area contributed by atoms with E-state index >= 15 is 0 Å². The molecule has 2 aliphatic heterocycles. The van der Waals surface area contributed by atoms with Gasteiger partial charge in [-0.3, -0.25) is 15.2 Å². The summed E-state index contributed by atoms with van der Waals surface area (Å²) in [5.41, 5.74) is 10.6. The predicted octanol–water partition coefficient (Wildman–Crippen LogP) is 2.20. The Morgan fingerprint density at radius 3 is 2.50 bits per heavy atom. The number of nitrogens with two attached hydrogens (primary N) is 2. The first-order valence-electron chi connectivity index (χ1n) is 11.5. The topological polar surface area (TPSA) is 152 Å². The molecule has 3 aromatic rings. The van der Waals surface area contributed by atoms with Crippen LogP contribution in [0.1, 0.15) is 22.4 Å².